The summed E-state index contributed by atoms with van der Waals surface area (Å²) in [7, 11) is 0. The summed E-state index contributed by atoms with van der Waals surface area (Å²) in [5.74, 6) is -0.361. The van der Waals surface area contributed by atoms with Gasteiger partial charge in [0.1, 0.15) is 5.58 Å². The van der Waals surface area contributed by atoms with Gasteiger partial charge in [-0.1, -0.05) is 78.1 Å². The number of amides is 1. The van der Waals surface area contributed by atoms with Gasteiger partial charge in [-0.05, 0) is 54.1 Å². The van der Waals surface area contributed by atoms with E-state index in [9.17, 15) is 9.59 Å². The second kappa shape index (κ2) is 10.3. The maximum Gasteiger partial charge on any atom is 0.345 e. The van der Waals surface area contributed by atoms with Crippen molar-refractivity contribution in [1.82, 2.24) is 9.78 Å². The van der Waals surface area contributed by atoms with Crippen LogP contribution >= 0.6 is 11.3 Å². The summed E-state index contributed by atoms with van der Waals surface area (Å²) in [5, 5.41) is 19.1. The standard InChI is InChI=1S/C30H21N5O3S/c1-19(24-18-25-23-15-9-8-10-20(23)16-17-26(25)38-29(24)37)32-33-30-35(22-13-6-3-7-14-22)34-28(39-30)27(36)31-21-11-4-2-5-12-21/h2-18H,1H3,(H,31,36)/b32-19+,33-30+. The molecule has 0 atom stereocenters. The molecule has 0 saturated carbocycles. The molecule has 6 aromatic rings. The minimum absolute atomic E-state index is 0.214. The molecule has 4 aromatic carbocycles. The van der Waals surface area contributed by atoms with Gasteiger partial charge in [0.05, 0.1) is 17.0 Å². The van der Waals surface area contributed by atoms with Gasteiger partial charge in [-0.3, -0.25) is 4.79 Å². The lowest BCUT2D eigenvalue weighted by Crippen LogP contribution is -2.16. The largest absolute Gasteiger partial charge is 0.422 e. The lowest BCUT2D eigenvalue weighted by atomic mass is 10.0. The van der Waals surface area contributed by atoms with E-state index in [-0.39, 0.29) is 10.9 Å². The monoisotopic (exact) mass is 531 g/mol. The maximum absolute atomic E-state index is 12.9. The number of rotatable bonds is 5. The fourth-order valence-electron chi connectivity index (χ4n) is 4.18. The van der Waals surface area contributed by atoms with Crippen LogP contribution in [0.1, 0.15) is 22.3 Å². The van der Waals surface area contributed by atoms with Crippen LogP contribution in [0.2, 0.25) is 0 Å². The van der Waals surface area contributed by atoms with E-state index in [1.165, 1.54) is 0 Å². The summed E-state index contributed by atoms with van der Waals surface area (Å²) in [4.78, 5) is 26.1. The van der Waals surface area contributed by atoms with Crippen molar-refractivity contribution in [3.05, 3.63) is 129 Å². The predicted octanol–water partition coefficient (Wildman–Crippen LogP) is 5.77. The average molecular weight is 532 g/mol. The average Bonchev–Trinajstić information content (AvgIpc) is 3.41. The lowest BCUT2D eigenvalue weighted by molar-refractivity contribution is 0.102. The van der Waals surface area contributed by atoms with E-state index in [1.807, 2.05) is 78.9 Å². The van der Waals surface area contributed by atoms with Crippen LogP contribution in [0.15, 0.2) is 123 Å². The van der Waals surface area contributed by atoms with Gasteiger partial charge >= 0.3 is 5.63 Å². The summed E-state index contributed by atoms with van der Waals surface area (Å²) in [6.07, 6.45) is 0. The fraction of sp³-hybridized carbons (Fsp3) is 0.0333. The van der Waals surface area contributed by atoms with Crippen molar-refractivity contribution in [3.8, 4) is 5.69 Å². The molecule has 6 rings (SSSR count). The van der Waals surface area contributed by atoms with Crippen LogP contribution in [0.25, 0.3) is 27.4 Å². The van der Waals surface area contributed by atoms with Crippen molar-refractivity contribution < 1.29 is 9.21 Å². The number of hydrogen-bond donors (Lipinski definition) is 1. The third-order valence-corrected chi connectivity index (χ3v) is 7.00. The third kappa shape index (κ3) is 4.90. The Labute approximate surface area is 226 Å². The van der Waals surface area contributed by atoms with Crippen LogP contribution in [-0.2, 0) is 0 Å². The van der Waals surface area contributed by atoms with Crippen LogP contribution in [-0.4, -0.2) is 21.4 Å². The van der Waals surface area contributed by atoms with E-state index in [0.29, 0.717) is 27.3 Å². The number of carbonyl (C=O) groups is 1. The van der Waals surface area contributed by atoms with Crippen molar-refractivity contribution in [2.24, 2.45) is 10.2 Å². The van der Waals surface area contributed by atoms with Crippen molar-refractivity contribution in [2.45, 2.75) is 6.92 Å². The van der Waals surface area contributed by atoms with Crippen LogP contribution in [0, 0.1) is 0 Å². The number of nitrogens with one attached hydrogen (secondary N) is 1. The summed E-state index contributed by atoms with van der Waals surface area (Å²) in [5.41, 5.74) is 2.06. The van der Waals surface area contributed by atoms with Gasteiger partial charge in [0, 0.05) is 11.1 Å². The second-order valence-electron chi connectivity index (χ2n) is 8.69. The molecule has 190 valence electrons. The van der Waals surface area contributed by atoms with Gasteiger partial charge in [-0.25, -0.2) is 9.48 Å². The first kappa shape index (κ1) is 24.2. The lowest BCUT2D eigenvalue weighted by Gasteiger charge is -2.05. The van der Waals surface area contributed by atoms with Gasteiger partial charge in [0.2, 0.25) is 9.81 Å². The highest BCUT2D eigenvalue weighted by Gasteiger charge is 2.15. The van der Waals surface area contributed by atoms with Crippen molar-refractivity contribution >= 4 is 50.4 Å². The van der Waals surface area contributed by atoms with Crippen molar-refractivity contribution in [1.29, 1.82) is 0 Å². The molecule has 0 aliphatic carbocycles. The van der Waals surface area contributed by atoms with E-state index >= 15 is 0 Å². The molecule has 0 aliphatic rings. The number of anilines is 1. The zero-order chi connectivity index (χ0) is 26.8. The topological polar surface area (TPSA) is 102 Å². The van der Waals surface area contributed by atoms with E-state index in [0.717, 1.165) is 33.2 Å². The van der Waals surface area contributed by atoms with Crippen molar-refractivity contribution in [2.75, 3.05) is 5.32 Å². The second-order valence-corrected chi connectivity index (χ2v) is 9.64. The number of fused-ring (bicyclic) bond motifs is 3. The van der Waals surface area contributed by atoms with Gasteiger partial charge in [-0.15, -0.1) is 10.2 Å². The van der Waals surface area contributed by atoms with Crippen LogP contribution in [0.3, 0.4) is 0 Å². The molecule has 0 radical (unpaired) electrons. The highest BCUT2D eigenvalue weighted by molar-refractivity contribution is 7.11. The molecule has 8 nitrogen and oxygen atoms in total. The van der Waals surface area contributed by atoms with E-state index < -0.39 is 5.63 Å². The SMILES string of the molecule is C/C(=N\N=c1\sc(C(=O)Nc2ccccc2)nn1-c1ccccc1)c1cc2c(ccc3ccccc32)oc1=O. The number of carbonyl (C=O) groups excluding carboxylic acids is 1. The van der Waals surface area contributed by atoms with Gasteiger partial charge in [-0.2, -0.15) is 5.10 Å². The minimum Gasteiger partial charge on any atom is -0.422 e. The van der Waals surface area contributed by atoms with Crippen LogP contribution in [0.5, 0.6) is 0 Å². The third-order valence-electron chi connectivity index (χ3n) is 6.10. The number of benzene rings is 4. The predicted molar refractivity (Wildman–Crippen MR) is 154 cm³/mol. The molecule has 0 fully saturated rings. The molecular weight excluding hydrogens is 510 g/mol. The fourth-order valence-corrected chi connectivity index (χ4v) is 4.93. The van der Waals surface area contributed by atoms with Crippen LogP contribution < -0.4 is 15.7 Å². The molecule has 0 aliphatic heterocycles. The Kier molecular flexibility index (Phi) is 6.40. The first-order valence-corrected chi connectivity index (χ1v) is 12.9. The van der Waals surface area contributed by atoms with Gasteiger partial charge < -0.3 is 9.73 Å². The minimum atomic E-state index is -0.502. The zero-order valence-corrected chi connectivity index (χ0v) is 21.6. The Morgan fingerprint density at radius 3 is 2.41 bits per heavy atom. The van der Waals surface area contributed by atoms with E-state index in [4.69, 9.17) is 4.42 Å². The number of aromatic nitrogens is 2. The molecule has 1 N–H and O–H groups in total. The summed E-state index contributed by atoms with van der Waals surface area (Å²) in [6, 6.07) is 31.9. The summed E-state index contributed by atoms with van der Waals surface area (Å²) >= 11 is 1.09. The normalized spacial score (nSPS) is 12.2. The Hall–Kier alpha value is -5.15. The number of para-hydroxylation sites is 2. The first-order chi connectivity index (χ1) is 19.1. The molecule has 0 saturated heterocycles. The molecule has 0 bridgehead atoms. The smallest absolute Gasteiger partial charge is 0.345 e. The molecule has 39 heavy (non-hydrogen) atoms. The van der Waals surface area contributed by atoms with Gasteiger partial charge in [0.25, 0.3) is 5.91 Å². The zero-order valence-electron chi connectivity index (χ0n) is 20.7. The van der Waals surface area contributed by atoms with Crippen LogP contribution in [0.4, 0.5) is 5.69 Å². The molecule has 1 amide bonds. The number of nitrogens with zero attached hydrogens (tertiary/aromatic N) is 4. The first-order valence-electron chi connectivity index (χ1n) is 12.1. The summed E-state index contributed by atoms with van der Waals surface area (Å²) < 4.78 is 7.17. The Balaban J connectivity index is 1.43. The molecule has 9 heteroatoms. The Morgan fingerprint density at radius 1 is 0.897 bits per heavy atom. The molecule has 0 unspecified atom stereocenters. The van der Waals surface area contributed by atoms with Crippen molar-refractivity contribution in [3.63, 3.8) is 0 Å². The molecule has 2 aromatic heterocycles. The molecule has 2 heterocycles. The Morgan fingerprint density at radius 2 is 1.62 bits per heavy atom. The van der Waals surface area contributed by atoms with E-state index in [2.05, 4.69) is 20.6 Å². The highest BCUT2D eigenvalue weighted by Crippen LogP contribution is 2.25. The van der Waals surface area contributed by atoms with Gasteiger partial charge in [0.15, 0.2) is 0 Å². The molecule has 0 spiro atoms. The molecular formula is C30H21N5O3S. The highest BCUT2D eigenvalue weighted by atomic mass is 32.1. The quantitative estimate of drug-likeness (QED) is 0.132. The Bertz CT molecular complexity index is 1990. The van der Waals surface area contributed by atoms with E-state index in [1.54, 1.807) is 35.9 Å². The number of hydrogen-bond acceptors (Lipinski definition) is 7. The maximum atomic E-state index is 12.9. The summed E-state index contributed by atoms with van der Waals surface area (Å²) in [6.45, 7) is 1.70.